The Hall–Kier alpha value is -1.77. The minimum atomic E-state index is -0.628. The SMILES string of the molecule is COCOc1cc2c(cc1B1OC(C)(C)C(C)(C)O1)oc(=O)n2C. The van der Waals surface area contributed by atoms with E-state index in [1.165, 1.54) is 4.57 Å². The van der Waals surface area contributed by atoms with E-state index in [1.807, 2.05) is 27.7 Å². The highest BCUT2D eigenvalue weighted by Crippen LogP contribution is 2.37. The first-order valence-electron chi connectivity index (χ1n) is 7.77. The van der Waals surface area contributed by atoms with Crippen LogP contribution in [-0.4, -0.2) is 36.8 Å². The van der Waals surface area contributed by atoms with Gasteiger partial charge in [-0.3, -0.25) is 4.57 Å². The van der Waals surface area contributed by atoms with E-state index in [0.29, 0.717) is 22.3 Å². The fraction of sp³-hybridized carbons (Fsp3) is 0.562. The van der Waals surface area contributed by atoms with E-state index in [2.05, 4.69) is 0 Å². The molecule has 1 aliphatic heterocycles. The lowest BCUT2D eigenvalue weighted by Gasteiger charge is -2.32. The second-order valence-electron chi connectivity index (χ2n) is 6.92. The molecule has 0 N–H and O–H groups in total. The molecule has 0 atom stereocenters. The van der Waals surface area contributed by atoms with Crippen molar-refractivity contribution in [1.82, 2.24) is 4.57 Å². The van der Waals surface area contributed by atoms with Crippen LogP contribution in [-0.2, 0) is 21.1 Å². The summed E-state index contributed by atoms with van der Waals surface area (Å²) in [6, 6.07) is 3.46. The molecular weight excluding hydrogens is 313 g/mol. The van der Waals surface area contributed by atoms with Crippen LogP contribution in [0.4, 0.5) is 0 Å². The Bertz CT molecular complexity index is 806. The molecule has 2 aromatic rings. The highest BCUT2D eigenvalue weighted by atomic mass is 16.7. The minimum absolute atomic E-state index is 0.0732. The second kappa shape index (κ2) is 5.65. The zero-order chi connectivity index (χ0) is 17.7. The maximum absolute atomic E-state index is 11.8. The second-order valence-corrected chi connectivity index (χ2v) is 6.92. The molecule has 0 saturated carbocycles. The molecule has 0 unspecified atom stereocenters. The van der Waals surface area contributed by atoms with Crippen LogP contribution in [0.15, 0.2) is 21.3 Å². The third-order valence-electron chi connectivity index (χ3n) is 4.76. The topological polar surface area (TPSA) is 72.1 Å². The molecule has 1 aromatic carbocycles. The fourth-order valence-corrected chi connectivity index (χ4v) is 2.57. The molecule has 130 valence electrons. The van der Waals surface area contributed by atoms with E-state index < -0.39 is 24.1 Å². The predicted molar refractivity (Wildman–Crippen MR) is 89.7 cm³/mol. The number of nitrogens with zero attached hydrogens (tertiary/aromatic N) is 1. The molecule has 24 heavy (non-hydrogen) atoms. The van der Waals surface area contributed by atoms with Crippen LogP contribution in [0, 0.1) is 0 Å². The summed E-state index contributed by atoms with van der Waals surface area (Å²) in [6.07, 6.45) is 0. The van der Waals surface area contributed by atoms with E-state index in [4.69, 9.17) is 23.2 Å². The Morgan fingerprint density at radius 3 is 2.38 bits per heavy atom. The van der Waals surface area contributed by atoms with Gasteiger partial charge >= 0.3 is 12.9 Å². The number of ether oxygens (including phenoxy) is 2. The smallest absolute Gasteiger partial charge is 0.468 e. The van der Waals surface area contributed by atoms with Gasteiger partial charge in [0.25, 0.3) is 0 Å². The molecule has 0 radical (unpaired) electrons. The first-order chi connectivity index (χ1) is 11.2. The highest BCUT2D eigenvalue weighted by molar-refractivity contribution is 6.63. The molecule has 1 fully saturated rings. The molecule has 7 nitrogen and oxygen atoms in total. The molecule has 2 heterocycles. The monoisotopic (exact) mass is 335 g/mol. The van der Waals surface area contributed by atoms with Crippen molar-refractivity contribution in [3.05, 3.63) is 22.7 Å². The number of fused-ring (bicyclic) bond motifs is 1. The van der Waals surface area contributed by atoms with Crippen LogP contribution in [0.2, 0.25) is 0 Å². The Balaban J connectivity index is 2.10. The molecule has 1 aliphatic rings. The van der Waals surface area contributed by atoms with Crippen molar-refractivity contribution in [3.63, 3.8) is 0 Å². The van der Waals surface area contributed by atoms with Crippen LogP contribution >= 0.6 is 0 Å². The van der Waals surface area contributed by atoms with Gasteiger partial charge in [-0.1, -0.05) is 0 Å². The molecule has 0 amide bonds. The van der Waals surface area contributed by atoms with Crippen LogP contribution in [0.5, 0.6) is 5.75 Å². The van der Waals surface area contributed by atoms with Gasteiger partial charge in [-0.05, 0) is 33.8 Å². The molecular formula is C16H22BNO6. The van der Waals surface area contributed by atoms with Gasteiger partial charge < -0.3 is 23.2 Å². The largest absolute Gasteiger partial charge is 0.498 e. The summed E-state index contributed by atoms with van der Waals surface area (Å²) in [5, 5.41) is 0. The van der Waals surface area contributed by atoms with Crippen molar-refractivity contribution in [1.29, 1.82) is 0 Å². The molecule has 0 aliphatic carbocycles. The van der Waals surface area contributed by atoms with Crippen molar-refractivity contribution in [3.8, 4) is 5.75 Å². The summed E-state index contributed by atoms with van der Waals surface area (Å²) in [4.78, 5) is 11.8. The van der Waals surface area contributed by atoms with E-state index in [-0.39, 0.29) is 6.79 Å². The number of oxazole rings is 1. The van der Waals surface area contributed by atoms with Crippen LogP contribution in [0.3, 0.4) is 0 Å². The molecule has 1 aromatic heterocycles. The average Bonchev–Trinajstić information content (AvgIpc) is 2.89. The highest BCUT2D eigenvalue weighted by Gasteiger charge is 2.52. The van der Waals surface area contributed by atoms with Gasteiger partial charge in [-0.25, -0.2) is 4.79 Å². The van der Waals surface area contributed by atoms with Crippen LogP contribution in [0.1, 0.15) is 27.7 Å². The Morgan fingerprint density at radius 1 is 1.17 bits per heavy atom. The van der Waals surface area contributed by atoms with E-state index in [9.17, 15) is 4.79 Å². The van der Waals surface area contributed by atoms with Gasteiger partial charge in [0.05, 0.1) is 16.7 Å². The third kappa shape index (κ3) is 2.64. The molecule has 0 bridgehead atoms. The maximum atomic E-state index is 11.8. The summed E-state index contributed by atoms with van der Waals surface area (Å²) in [6.45, 7) is 7.98. The number of aromatic nitrogens is 1. The lowest BCUT2D eigenvalue weighted by Crippen LogP contribution is -2.41. The number of hydrogen-bond acceptors (Lipinski definition) is 6. The lowest BCUT2D eigenvalue weighted by atomic mass is 9.78. The minimum Gasteiger partial charge on any atom is -0.468 e. The number of methoxy groups -OCH3 is 1. The van der Waals surface area contributed by atoms with E-state index in [1.54, 1.807) is 26.3 Å². The quantitative estimate of drug-likeness (QED) is 0.621. The van der Waals surface area contributed by atoms with Crippen molar-refractivity contribution in [2.75, 3.05) is 13.9 Å². The number of aryl methyl sites for hydroxylation is 1. The average molecular weight is 335 g/mol. The first-order valence-corrected chi connectivity index (χ1v) is 7.77. The Labute approximate surface area is 140 Å². The predicted octanol–water partition coefficient (Wildman–Crippen LogP) is 1.41. The lowest BCUT2D eigenvalue weighted by molar-refractivity contribution is 0.00578. The van der Waals surface area contributed by atoms with Gasteiger partial charge in [0.2, 0.25) is 0 Å². The summed E-state index contributed by atoms with van der Waals surface area (Å²) in [7, 11) is 2.56. The molecule has 8 heteroatoms. The van der Waals surface area contributed by atoms with Crippen LogP contribution < -0.4 is 16.0 Å². The zero-order valence-corrected chi connectivity index (χ0v) is 14.8. The maximum Gasteiger partial charge on any atom is 0.498 e. The molecule has 0 spiro atoms. The Morgan fingerprint density at radius 2 is 1.79 bits per heavy atom. The number of benzene rings is 1. The number of hydrogen-bond donors (Lipinski definition) is 0. The van der Waals surface area contributed by atoms with Crippen molar-refractivity contribution in [2.24, 2.45) is 7.05 Å². The van der Waals surface area contributed by atoms with E-state index in [0.717, 1.165) is 0 Å². The zero-order valence-electron chi connectivity index (χ0n) is 14.8. The summed E-state index contributed by atoms with van der Waals surface area (Å²) in [5.41, 5.74) is 0.779. The van der Waals surface area contributed by atoms with Crippen molar-refractivity contribution >= 4 is 23.7 Å². The van der Waals surface area contributed by atoms with Gasteiger partial charge in [0.1, 0.15) is 5.75 Å². The Kier molecular flexibility index (Phi) is 4.02. The van der Waals surface area contributed by atoms with Gasteiger partial charge in [-0.15, -0.1) is 0 Å². The molecule has 3 rings (SSSR count). The van der Waals surface area contributed by atoms with E-state index >= 15 is 0 Å². The summed E-state index contributed by atoms with van der Waals surface area (Å²) in [5.74, 6) is 0.0907. The van der Waals surface area contributed by atoms with Gasteiger partial charge in [0, 0.05) is 25.7 Å². The third-order valence-corrected chi connectivity index (χ3v) is 4.76. The standard InChI is InChI=1S/C16H22BNO6/c1-15(2)16(3,4)24-17(23-15)10-7-13-11(18(5)14(19)22-13)8-12(10)21-9-20-6/h7-8H,9H2,1-6H3. The molecule has 1 saturated heterocycles. The van der Waals surface area contributed by atoms with Gasteiger partial charge in [-0.2, -0.15) is 0 Å². The summed E-state index contributed by atoms with van der Waals surface area (Å²) < 4.78 is 29.5. The number of rotatable bonds is 4. The van der Waals surface area contributed by atoms with Crippen molar-refractivity contribution < 1.29 is 23.2 Å². The first kappa shape index (κ1) is 17.1. The normalized spacial score (nSPS) is 19.2. The fourth-order valence-electron chi connectivity index (χ4n) is 2.57. The summed E-state index contributed by atoms with van der Waals surface area (Å²) >= 11 is 0. The van der Waals surface area contributed by atoms with Crippen molar-refractivity contribution in [2.45, 2.75) is 38.9 Å². The van der Waals surface area contributed by atoms with Gasteiger partial charge in [0.15, 0.2) is 12.4 Å². The van der Waals surface area contributed by atoms with Crippen LogP contribution in [0.25, 0.3) is 11.1 Å².